The minimum Gasteiger partial charge on any atom is -0.339 e. The van der Waals surface area contributed by atoms with Gasteiger partial charge in [-0.05, 0) is 42.9 Å². The molecule has 2 N–H and O–H groups in total. The molecule has 3 aromatic rings. The third-order valence-electron chi connectivity index (χ3n) is 4.50. The average Bonchev–Trinajstić information content (AvgIpc) is 3.21. The van der Waals surface area contributed by atoms with Crippen molar-refractivity contribution in [2.24, 2.45) is 0 Å². The molecule has 0 bridgehead atoms. The van der Waals surface area contributed by atoms with Crippen LogP contribution in [0.4, 0.5) is 11.4 Å². The van der Waals surface area contributed by atoms with Crippen LogP contribution in [0.25, 0.3) is 11.4 Å². The molecule has 0 aliphatic heterocycles. The number of carbonyl (C=O) groups is 2. The number of hydrogen-bond acceptors (Lipinski definition) is 6. The third kappa shape index (κ3) is 6.91. The monoisotopic (exact) mass is 441 g/mol. The van der Waals surface area contributed by atoms with Crippen molar-refractivity contribution in [3.63, 3.8) is 0 Å². The zero-order chi connectivity index (χ0) is 22.2. The number of halogens is 1. The predicted molar refractivity (Wildman–Crippen MR) is 120 cm³/mol. The van der Waals surface area contributed by atoms with Gasteiger partial charge in [-0.1, -0.05) is 35.8 Å². The van der Waals surface area contributed by atoms with E-state index in [2.05, 4.69) is 20.8 Å². The molecule has 162 valence electrons. The van der Waals surface area contributed by atoms with Crippen molar-refractivity contribution in [2.45, 2.75) is 20.3 Å². The molecule has 0 spiro atoms. The van der Waals surface area contributed by atoms with E-state index in [-0.39, 0.29) is 18.4 Å². The molecule has 1 aromatic heterocycles. The molecular weight excluding hydrogens is 418 g/mol. The van der Waals surface area contributed by atoms with Gasteiger partial charge in [0.1, 0.15) is 0 Å². The molecule has 3 rings (SSSR count). The summed E-state index contributed by atoms with van der Waals surface area (Å²) in [5.74, 6) is 0.721. The zero-order valence-electron chi connectivity index (χ0n) is 17.4. The molecule has 0 saturated heterocycles. The lowest BCUT2D eigenvalue weighted by Gasteiger charge is -2.18. The van der Waals surface area contributed by atoms with E-state index in [0.29, 0.717) is 47.6 Å². The van der Waals surface area contributed by atoms with Gasteiger partial charge in [-0.3, -0.25) is 14.5 Å². The summed E-state index contributed by atoms with van der Waals surface area (Å²) in [4.78, 5) is 29.9. The highest BCUT2D eigenvalue weighted by Gasteiger charge is 2.13. The first-order valence-corrected chi connectivity index (χ1v) is 10.3. The summed E-state index contributed by atoms with van der Waals surface area (Å²) >= 11 is 6.01. The van der Waals surface area contributed by atoms with Gasteiger partial charge in [0.15, 0.2) is 0 Å². The number of anilines is 2. The van der Waals surface area contributed by atoms with E-state index in [0.717, 1.165) is 5.56 Å². The van der Waals surface area contributed by atoms with Crippen LogP contribution in [-0.4, -0.2) is 46.5 Å². The Morgan fingerprint density at radius 1 is 1.10 bits per heavy atom. The van der Waals surface area contributed by atoms with Gasteiger partial charge in [-0.15, -0.1) is 0 Å². The second-order valence-corrected chi connectivity index (χ2v) is 7.38. The van der Waals surface area contributed by atoms with Crippen LogP contribution in [0.1, 0.15) is 19.7 Å². The number of carbonyl (C=O) groups excluding carboxylic acids is 2. The van der Waals surface area contributed by atoms with Crippen LogP contribution >= 0.6 is 11.6 Å². The number of rotatable bonds is 9. The predicted octanol–water partition coefficient (Wildman–Crippen LogP) is 3.85. The fourth-order valence-electron chi connectivity index (χ4n) is 2.95. The largest absolute Gasteiger partial charge is 0.339 e. The van der Waals surface area contributed by atoms with Crippen LogP contribution in [0, 0.1) is 0 Å². The number of aromatic nitrogens is 2. The summed E-state index contributed by atoms with van der Waals surface area (Å²) in [6, 6.07) is 14.2. The maximum atomic E-state index is 12.4. The standard InChI is InChI=1S/C22H24ClN5O3/c1-3-28(14-20(30)25-19-9-7-18(8-10-19)24-15(2)29)12-11-21-26-22(27-31-21)16-5-4-6-17(23)13-16/h4-10,13H,3,11-12,14H2,1-2H3,(H,24,29)(H,25,30). The minimum absolute atomic E-state index is 0.126. The molecule has 0 atom stereocenters. The minimum atomic E-state index is -0.142. The molecule has 2 amide bonds. The van der Waals surface area contributed by atoms with Crippen molar-refractivity contribution < 1.29 is 14.1 Å². The number of nitrogens with zero attached hydrogens (tertiary/aromatic N) is 3. The summed E-state index contributed by atoms with van der Waals surface area (Å²) in [6.07, 6.45) is 0.528. The molecule has 1 heterocycles. The fraction of sp³-hybridized carbons (Fsp3) is 0.273. The van der Waals surface area contributed by atoms with Gasteiger partial charge in [0.2, 0.25) is 23.5 Å². The molecule has 0 aliphatic rings. The van der Waals surface area contributed by atoms with Gasteiger partial charge >= 0.3 is 0 Å². The number of nitrogens with one attached hydrogen (secondary N) is 2. The van der Waals surface area contributed by atoms with Gasteiger partial charge in [0, 0.05) is 41.9 Å². The van der Waals surface area contributed by atoms with Crippen LogP contribution in [0.2, 0.25) is 5.02 Å². The van der Waals surface area contributed by atoms with E-state index >= 15 is 0 Å². The topological polar surface area (TPSA) is 100 Å². The van der Waals surface area contributed by atoms with E-state index in [1.165, 1.54) is 6.92 Å². The lowest BCUT2D eigenvalue weighted by Crippen LogP contribution is -2.34. The van der Waals surface area contributed by atoms with Gasteiger partial charge in [-0.25, -0.2) is 0 Å². The van der Waals surface area contributed by atoms with Gasteiger partial charge in [0.25, 0.3) is 0 Å². The average molecular weight is 442 g/mol. The highest BCUT2D eigenvalue weighted by atomic mass is 35.5. The lowest BCUT2D eigenvalue weighted by molar-refractivity contribution is -0.117. The molecule has 31 heavy (non-hydrogen) atoms. The number of amides is 2. The summed E-state index contributed by atoms with van der Waals surface area (Å²) in [5, 5.41) is 10.2. The first-order valence-electron chi connectivity index (χ1n) is 9.91. The summed E-state index contributed by atoms with van der Waals surface area (Å²) in [7, 11) is 0. The Kier molecular flexibility index (Phi) is 7.75. The SMILES string of the molecule is CCN(CCc1nc(-c2cccc(Cl)c2)no1)CC(=O)Nc1ccc(NC(C)=O)cc1. The van der Waals surface area contributed by atoms with Crippen LogP contribution in [-0.2, 0) is 16.0 Å². The molecule has 0 fully saturated rings. The zero-order valence-corrected chi connectivity index (χ0v) is 18.1. The Labute approximate surface area is 185 Å². The van der Waals surface area contributed by atoms with Gasteiger partial charge in [-0.2, -0.15) is 4.98 Å². The molecular formula is C22H24ClN5O3. The second kappa shape index (κ2) is 10.7. The van der Waals surface area contributed by atoms with Crippen molar-refractivity contribution in [2.75, 3.05) is 30.3 Å². The highest BCUT2D eigenvalue weighted by Crippen LogP contribution is 2.20. The molecule has 0 unspecified atom stereocenters. The molecule has 8 nitrogen and oxygen atoms in total. The Hall–Kier alpha value is -3.23. The van der Waals surface area contributed by atoms with Gasteiger partial charge in [0.05, 0.1) is 6.54 Å². The molecule has 0 radical (unpaired) electrons. The lowest BCUT2D eigenvalue weighted by atomic mass is 10.2. The van der Waals surface area contributed by atoms with E-state index in [9.17, 15) is 9.59 Å². The van der Waals surface area contributed by atoms with Crippen LogP contribution in [0.3, 0.4) is 0 Å². The third-order valence-corrected chi connectivity index (χ3v) is 4.73. The highest BCUT2D eigenvalue weighted by molar-refractivity contribution is 6.30. The molecule has 0 saturated carbocycles. The van der Waals surface area contributed by atoms with Crippen LogP contribution < -0.4 is 10.6 Å². The first kappa shape index (κ1) is 22.5. The number of likely N-dealkylation sites (N-methyl/N-ethyl adjacent to an activating group) is 1. The van der Waals surface area contributed by atoms with E-state index in [1.54, 1.807) is 36.4 Å². The summed E-state index contributed by atoms with van der Waals surface area (Å²) in [6.45, 7) is 4.97. The van der Waals surface area contributed by atoms with Crippen LogP contribution in [0.15, 0.2) is 53.1 Å². The Balaban J connectivity index is 1.50. The van der Waals surface area contributed by atoms with Crippen molar-refractivity contribution in [1.29, 1.82) is 0 Å². The fourth-order valence-corrected chi connectivity index (χ4v) is 3.14. The van der Waals surface area contributed by atoms with Crippen molar-refractivity contribution >= 4 is 34.8 Å². The van der Waals surface area contributed by atoms with E-state index in [4.69, 9.17) is 16.1 Å². The maximum Gasteiger partial charge on any atom is 0.238 e. The Morgan fingerprint density at radius 2 is 1.81 bits per heavy atom. The number of benzene rings is 2. The van der Waals surface area contributed by atoms with Gasteiger partial charge < -0.3 is 15.2 Å². The first-order chi connectivity index (χ1) is 14.9. The van der Waals surface area contributed by atoms with E-state index in [1.807, 2.05) is 24.0 Å². The normalized spacial score (nSPS) is 10.8. The smallest absolute Gasteiger partial charge is 0.238 e. The van der Waals surface area contributed by atoms with Crippen molar-refractivity contribution in [3.05, 3.63) is 59.4 Å². The summed E-state index contributed by atoms with van der Waals surface area (Å²) < 4.78 is 5.33. The van der Waals surface area contributed by atoms with E-state index < -0.39 is 0 Å². The van der Waals surface area contributed by atoms with Crippen molar-refractivity contribution in [3.8, 4) is 11.4 Å². The maximum absolute atomic E-state index is 12.4. The Bertz CT molecular complexity index is 1040. The quantitative estimate of drug-likeness (QED) is 0.523. The molecule has 0 aliphatic carbocycles. The van der Waals surface area contributed by atoms with Crippen LogP contribution in [0.5, 0.6) is 0 Å². The number of hydrogen-bond donors (Lipinski definition) is 2. The second-order valence-electron chi connectivity index (χ2n) is 6.95. The van der Waals surface area contributed by atoms with Crippen molar-refractivity contribution in [1.82, 2.24) is 15.0 Å². The molecule has 2 aromatic carbocycles. The molecule has 9 heteroatoms. The summed E-state index contributed by atoms with van der Waals surface area (Å²) in [5.41, 5.74) is 2.13. The Morgan fingerprint density at radius 3 is 2.45 bits per heavy atom.